The second-order valence-corrected chi connectivity index (χ2v) is 4.09. The molecule has 1 nitrogen and oxygen atoms in total. The standard InChI is InChI=1S/C11H13BrO/c1-2-6-10(12)11(13)9-7-4-3-5-8-9/h3-5,7-8,10H,2,6H2,1H3. The first-order valence-corrected chi connectivity index (χ1v) is 5.40. The Labute approximate surface area is 87.3 Å². The van der Waals surface area contributed by atoms with Crippen molar-refractivity contribution in [2.75, 3.05) is 0 Å². The largest absolute Gasteiger partial charge is 0.293 e. The molecular weight excluding hydrogens is 228 g/mol. The molecule has 0 radical (unpaired) electrons. The Morgan fingerprint density at radius 3 is 2.54 bits per heavy atom. The molecule has 0 aliphatic carbocycles. The van der Waals surface area contributed by atoms with Crippen LogP contribution in [0.3, 0.4) is 0 Å². The number of benzene rings is 1. The average molecular weight is 241 g/mol. The molecule has 0 fully saturated rings. The van der Waals surface area contributed by atoms with Gasteiger partial charge in [-0.15, -0.1) is 0 Å². The van der Waals surface area contributed by atoms with Gasteiger partial charge in [-0.3, -0.25) is 4.79 Å². The molecule has 1 aromatic carbocycles. The predicted octanol–water partition coefficient (Wildman–Crippen LogP) is 3.43. The lowest BCUT2D eigenvalue weighted by Crippen LogP contribution is -2.13. The van der Waals surface area contributed by atoms with Crippen LogP contribution in [0.2, 0.25) is 0 Å². The van der Waals surface area contributed by atoms with Gasteiger partial charge in [-0.05, 0) is 6.42 Å². The van der Waals surface area contributed by atoms with Crippen molar-refractivity contribution >= 4 is 21.7 Å². The van der Waals surface area contributed by atoms with E-state index in [0.717, 1.165) is 18.4 Å². The summed E-state index contributed by atoms with van der Waals surface area (Å²) >= 11 is 3.39. The van der Waals surface area contributed by atoms with Crippen LogP contribution < -0.4 is 0 Å². The van der Waals surface area contributed by atoms with Crippen molar-refractivity contribution in [3.05, 3.63) is 35.9 Å². The quantitative estimate of drug-likeness (QED) is 0.583. The highest BCUT2D eigenvalue weighted by molar-refractivity contribution is 9.10. The Hall–Kier alpha value is -0.630. The fraction of sp³-hybridized carbons (Fsp3) is 0.364. The highest BCUT2D eigenvalue weighted by Gasteiger charge is 2.14. The fourth-order valence-corrected chi connectivity index (χ4v) is 1.89. The number of Topliss-reactive ketones (excluding diaryl/α,β-unsaturated/α-hetero) is 1. The van der Waals surface area contributed by atoms with Crippen molar-refractivity contribution in [3.63, 3.8) is 0 Å². The summed E-state index contributed by atoms with van der Waals surface area (Å²) in [4.78, 5) is 11.7. The summed E-state index contributed by atoms with van der Waals surface area (Å²) in [7, 11) is 0. The van der Waals surface area contributed by atoms with Crippen LogP contribution in [-0.4, -0.2) is 10.6 Å². The first-order valence-electron chi connectivity index (χ1n) is 4.49. The first kappa shape index (κ1) is 10.5. The molecule has 1 aromatic rings. The van der Waals surface area contributed by atoms with Crippen molar-refractivity contribution < 1.29 is 4.79 Å². The van der Waals surface area contributed by atoms with Crippen molar-refractivity contribution in [2.24, 2.45) is 0 Å². The second-order valence-electron chi connectivity index (χ2n) is 2.99. The molecular formula is C11H13BrO. The third kappa shape index (κ3) is 2.96. The first-order chi connectivity index (χ1) is 6.25. The number of carbonyl (C=O) groups is 1. The summed E-state index contributed by atoms with van der Waals surface area (Å²) in [5.74, 6) is 0.183. The number of ketones is 1. The van der Waals surface area contributed by atoms with Crippen molar-refractivity contribution in [1.29, 1.82) is 0 Å². The van der Waals surface area contributed by atoms with E-state index in [4.69, 9.17) is 0 Å². The number of alkyl halides is 1. The van der Waals surface area contributed by atoms with E-state index in [9.17, 15) is 4.79 Å². The maximum atomic E-state index is 11.7. The van der Waals surface area contributed by atoms with Gasteiger partial charge in [0.1, 0.15) is 0 Å². The minimum atomic E-state index is -0.0279. The molecule has 0 aromatic heterocycles. The van der Waals surface area contributed by atoms with Gasteiger partial charge >= 0.3 is 0 Å². The summed E-state index contributed by atoms with van der Waals surface area (Å²) in [6.07, 6.45) is 1.92. The van der Waals surface area contributed by atoms with Crippen LogP contribution in [0.5, 0.6) is 0 Å². The molecule has 0 aliphatic heterocycles. The molecule has 1 unspecified atom stereocenters. The minimum absolute atomic E-state index is 0.0279. The molecule has 0 spiro atoms. The van der Waals surface area contributed by atoms with Crippen molar-refractivity contribution in [1.82, 2.24) is 0 Å². The Morgan fingerprint density at radius 2 is 2.00 bits per heavy atom. The normalized spacial score (nSPS) is 12.5. The Morgan fingerprint density at radius 1 is 1.38 bits per heavy atom. The molecule has 0 amide bonds. The number of halogens is 1. The third-order valence-electron chi connectivity index (χ3n) is 1.88. The SMILES string of the molecule is CCCC(Br)C(=O)c1ccccc1. The Bertz CT molecular complexity index is 269. The fourth-order valence-electron chi connectivity index (χ4n) is 1.17. The van der Waals surface area contributed by atoms with Crippen LogP contribution in [0.1, 0.15) is 30.1 Å². The van der Waals surface area contributed by atoms with E-state index in [1.165, 1.54) is 0 Å². The van der Waals surface area contributed by atoms with E-state index >= 15 is 0 Å². The summed E-state index contributed by atoms with van der Waals surface area (Å²) in [6.45, 7) is 2.08. The van der Waals surface area contributed by atoms with E-state index in [1.807, 2.05) is 30.3 Å². The molecule has 0 saturated carbocycles. The van der Waals surface area contributed by atoms with Gasteiger partial charge in [0.2, 0.25) is 0 Å². The zero-order chi connectivity index (χ0) is 9.68. The number of hydrogen-bond donors (Lipinski definition) is 0. The zero-order valence-corrected chi connectivity index (χ0v) is 9.25. The predicted molar refractivity (Wildman–Crippen MR) is 58.4 cm³/mol. The minimum Gasteiger partial charge on any atom is -0.293 e. The molecule has 2 heteroatoms. The number of carbonyl (C=O) groups excluding carboxylic acids is 1. The van der Waals surface area contributed by atoms with Crippen LogP contribution in [0.4, 0.5) is 0 Å². The molecule has 1 rings (SSSR count). The van der Waals surface area contributed by atoms with Gasteiger partial charge in [-0.25, -0.2) is 0 Å². The van der Waals surface area contributed by atoms with E-state index in [0.29, 0.717) is 0 Å². The lowest BCUT2D eigenvalue weighted by Gasteiger charge is -2.06. The van der Waals surface area contributed by atoms with Crippen LogP contribution >= 0.6 is 15.9 Å². The highest BCUT2D eigenvalue weighted by Crippen LogP contribution is 2.14. The molecule has 70 valence electrons. The van der Waals surface area contributed by atoms with Gasteiger partial charge in [-0.2, -0.15) is 0 Å². The van der Waals surface area contributed by atoms with Gasteiger partial charge in [0.15, 0.2) is 5.78 Å². The van der Waals surface area contributed by atoms with E-state index in [-0.39, 0.29) is 10.6 Å². The lowest BCUT2D eigenvalue weighted by atomic mass is 10.1. The monoisotopic (exact) mass is 240 g/mol. The lowest BCUT2D eigenvalue weighted by molar-refractivity contribution is 0.0988. The summed E-state index contributed by atoms with van der Waals surface area (Å²) in [5, 5.41) is 0. The van der Waals surface area contributed by atoms with Crippen molar-refractivity contribution in [3.8, 4) is 0 Å². The van der Waals surface area contributed by atoms with Gasteiger partial charge < -0.3 is 0 Å². The van der Waals surface area contributed by atoms with Gasteiger partial charge in [0.05, 0.1) is 4.83 Å². The maximum absolute atomic E-state index is 11.7. The third-order valence-corrected chi connectivity index (χ3v) is 2.76. The summed E-state index contributed by atoms with van der Waals surface area (Å²) < 4.78 is 0. The number of rotatable bonds is 4. The number of hydrogen-bond acceptors (Lipinski definition) is 1. The zero-order valence-electron chi connectivity index (χ0n) is 7.66. The topological polar surface area (TPSA) is 17.1 Å². The van der Waals surface area contributed by atoms with E-state index < -0.39 is 0 Å². The summed E-state index contributed by atoms with van der Waals surface area (Å²) in [5.41, 5.74) is 0.790. The smallest absolute Gasteiger partial charge is 0.176 e. The molecule has 0 aliphatic rings. The summed E-state index contributed by atoms with van der Waals surface area (Å²) in [6, 6.07) is 9.40. The van der Waals surface area contributed by atoms with Gasteiger partial charge in [0, 0.05) is 5.56 Å². The molecule has 13 heavy (non-hydrogen) atoms. The molecule has 0 N–H and O–H groups in total. The maximum Gasteiger partial charge on any atom is 0.176 e. The highest BCUT2D eigenvalue weighted by atomic mass is 79.9. The second kappa shape index (κ2) is 5.18. The molecule has 1 atom stereocenters. The van der Waals surface area contributed by atoms with Crippen LogP contribution in [-0.2, 0) is 0 Å². The van der Waals surface area contributed by atoms with Gasteiger partial charge in [0.25, 0.3) is 0 Å². The molecule has 0 bridgehead atoms. The Kier molecular flexibility index (Phi) is 4.16. The van der Waals surface area contributed by atoms with E-state index in [2.05, 4.69) is 22.9 Å². The van der Waals surface area contributed by atoms with Crippen LogP contribution in [0.15, 0.2) is 30.3 Å². The van der Waals surface area contributed by atoms with Crippen LogP contribution in [0, 0.1) is 0 Å². The van der Waals surface area contributed by atoms with Crippen molar-refractivity contribution in [2.45, 2.75) is 24.6 Å². The Balaban J connectivity index is 2.68. The van der Waals surface area contributed by atoms with Gasteiger partial charge in [-0.1, -0.05) is 59.6 Å². The van der Waals surface area contributed by atoms with E-state index in [1.54, 1.807) is 0 Å². The molecule has 0 heterocycles. The average Bonchev–Trinajstić information content (AvgIpc) is 2.18. The van der Waals surface area contributed by atoms with Crippen LogP contribution in [0.25, 0.3) is 0 Å². The molecule has 0 saturated heterocycles.